The van der Waals surface area contributed by atoms with Gasteiger partial charge in [0.1, 0.15) is 0 Å². The monoisotopic (exact) mass is 140 g/mol. The molecule has 0 aromatic heterocycles. The lowest BCUT2D eigenvalue weighted by Gasteiger charge is -1.99. The van der Waals surface area contributed by atoms with Crippen LogP contribution >= 0.6 is 0 Å². The summed E-state index contributed by atoms with van der Waals surface area (Å²) >= 11 is 0. The van der Waals surface area contributed by atoms with Gasteiger partial charge in [0, 0.05) is 18.3 Å². The molecule has 10 heavy (non-hydrogen) atoms. The van der Waals surface area contributed by atoms with Crippen LogP contribution in [0.2, 0.25) is 0 Å². The van der Waals surface area contributed by atoms with Crippen LogP contribution in [-0.2, 0) is 4.79 Å². The van der Waals surface area contributed by atoms with Gasteiger partial charge in [-0.05, 0) is 13.0 Å². The van der Waals surface area contributed by atoms with Crippen molar-refractivity contribution in [3.05, 3.63) is 24.0 Å². The fraction of sp³-hybridized carbons (Fsp3) is 0.286. The van der Waals surface area contributed by atoms with Crippen molar-refractivity contribution in [3.8, 4) is 0 Å². The Labute approximate surface area is 60.6 Å². The first-order chi connectivity index (χ1) is 4.52. The molecule has 3 N–H and O–H groups in total. The van der Waals surface area contributed by atoms with Gasteiger partial charge in [-0.3, -0.25) is 4.79 Å². The Bertz CT molecular complexity index is 182. The number of nitrogens with two attached hydrogens (primary N) is 1. The zero-order chi connectivity index (χ0) is 8.15. The van der Waals surface area contributed by atoms with Crippen LogP contribution < -0.4 is 11.1 Å². The fourth-order valence-electron chi connectivity index (χ4n) is 0.592. The minimum absolute atomic E-state index is 0.102. The molecule has 0 saturated carbocycles. The molecule has 0 saturated heterocycles. The molecule has 0 aliphatic heterocycles. The third-order valence-corrected chi connectivity index (χ3v) is 0.775. The van der Waals surface area contributed by atoms with Crippen LogP contribution in [0.15, 0.2) is 24.0 Å². The second-order valence-corrected chi connectivity index (χ2v) is 2.08. The van der Waals surface area contributed by atoms with E-state index in [1.165, 1.54) is 6.92 Å². The summed E-state index contributed by atoms with van der Waals surface area (Å²) in [4.78, 5) is 10.4. The highest BCUT2D eigenvalue weighted by atomic mass is 16.1. The molecule has 56 valence electrons. The number of allylic oxidation sites excluding steroid dienone is 2. The lowest BCUT2D eigenvalue weighted by Crippen LogP contribution is -2.17. The Balaban J connectivity index is 3.95. The average molecular weight is 140 g/mol. The molecule has 0 rings (SSSR count). The highest BCUT2D eigenvalue weighted by molar-refractivity contribution is 5.74. The summed E-state index contributed by atoms with van der Waals surface area (Å²) in [6.07, 6.45) is 1.60. The van der Waals surface area contributed by atoms with E-state index < -0.39 is 0 Å². The number of rotatable bonds is 2. The first-order valence-corrected chi connectivity index (χ1v) is 2.92. The average Bonchev–Trinajstić information content (AvgIpc) is 1.58. The predicted octanol–water partition coefficient (Wildman–Crippen LogP) is 0.499. The van der Waals surface area contributed by atoms with E-state index in [9.17, 15) is 4.79 Å². The van der Waals surface area contributed by atoms with Crippen molar-refractivity contribution in [2.45, 2.75) is 13.8 Å². The molecule has 0 bridgehead atoms. The van der Waals surface area contributed by atoms with Gasteiger partial charge in [-0.15, -0.1) is 0 Å². The highest BCUT2D eigenvalue weighted by Crippen LogP contribution is 1.89. The van der Waals surface area contributed by atoms with Crippen LogP contribution in [-0.4, -0.2) is 5.91 Å². The minimum Gasteiger partial charge on any atom is -0.399 e. The van der Waals surface area contributed by atoms with Crippen molar-refractivity contribution >= 4 is 5.91 Å². The topological polar surface area (TPSA) is 55.1 Å². The smallest absolute Gasteiger partial charge is 0.220 e. The fourth-order valence-corrected chi connectivity index (χ4v) is 0.592. The second-order valence-electron chi connectivity index (χ2n) is 2.08. The zero-order valence-corrected chi connectivity index (χ0v) is 6.27. The Hall–Kier alpha value is -1.25. The number of carbonyl (C=O) groups excluding carboxylic acids is 1. The SMILES string of the molecule is C=C(N)/C=C(\C)NC(C)=O. The maximum atomic E-state index is 10.4. The Morgan fingerprint density at radius 3 is 2.40 bits per heavy atom. The van der Waals surface area contributed by atoms with Crippen LogP contribution in [0.1, 0.15) is 13.8 Å². The maximum Gasteiger partial charge on any atom is 0.220 e. The molecule has 0 heterocycles. The molecule has 0 radical (unpaired) electrons. The van der Waals surface area contributed by atoms with Crippen molar-refractivity contribution in [3.63, 3.8) is 0 Å². The van der Waals surface area contributed by atoms with E-state index in [1.54, 1.807) is 13.0 Å². The van der Waals surface area contributed by atoms with Gasteiger partial charge in [0.25, 0.3) is 0 Å². The van der Waals surface area contributed by atoms with Crippen molar-refractivity contribution in [1.82, 2.24) is 5.32 Å². The summed E-state index contributed by atoms with van der Waals surface area (Å²) < 4.78 is 0. The van der Waals surface area contributed by atoms with Crippen molar-refractivity contribution in [1.29, 1.82) is 0 Å². The van der Waals surface area contributed by atoms with Gasteiger partial charge in [0.15, 0.2) is 0 Å². The molecule has 0 aliphatic rings. The van der Waals surface area contributed by atoms with Crippen molar-refractivity contribution in [2.75, 3.05) is 0 Å². The summed E-state index contributed by atoms with van der Waals surface area (Å²) in [6, 6.07) is 0. The van der Waals surface area contributed by atoms with Crippen molar-refractivity contribution in [2.24, 2.45) is 5.73 Å². The summed E-state index contributed by atoms with van der Waals surface area (Å²) in [6.45, 7) is 6.64. The molecule has 0 spiro atoms. The standard InChI is InChI=1S/C7H12N2O/c1-5(8)4-6(2)9-7(3)10/h4H,1,8H2,2-3H3,(H,9,10)/b6-4+. The molecule has 0 aromatic carbocycles. The zero-order valence-electron chi connectivity index (χ0n) is 6.27. The summed E-state index contributed by atoms with van der Waals surface area (Å²) in [5.41, 5.74) is 6.39. The largest absolute Gasteiger partial charge is 0.399 e. The molecule has 0 aliphatic carbocycles. The number of hydrogen-bond donors (Lipinski definition) is 2. The van der Waals surface area contributed by atoms with Crippen molar-refractivity contribution < 1.29 is 4.79 Å². The predicted molar refractivity (Wildman–Crippen MR) is 40.9 cm³/mol. The van der Waals surface area contributed by atoms with Crippen LogP contribution in [0, 0.1) is 0 Å². The molecule has 0 fully saturated rings. The molecule has 1 amide bonds. The van der Waals surface area contributed by atoms with Gasteiger partial charge >= 0.3 is 0 Å². The number of amides is 1. The van der Waals surface area contributed by atoms with Gasteiger partial charge in [-0.25, -0.2) is 0 Å². The van der Waals surface area contributed by atoms with E-state index in [2.05, 4.69) is 11.9 Å². The lowest BCUT2D eigenvalue weighted by molar-refractivity contribution is -0.118. The van der Waals surface area contributed by atoms with E-state index >= 15 is 0 Å². The third-order valence-electron chi connectivity index (χ3n) is 0.775. The molecular formula is C7H12N2O. The Morgan fingerprint density at radius 2 is 2.10 bits per heavy atom. The molecule has 3 heteroatoms. The minimum atomic E-state index is -0.102. The lowest BCUT2D eigenvalue weighted by atomic mass is 10.4. The van der Waals surface area contributed by atoms with Gasteiger partial charge < -0.3 is 11.1 Å². The molecule has 0 atom stereocenters. The second kappa shape index (κ2) is 3.71. The van der Waals surface area contributed by atoms with E-state index in [-0.39, 0.29) is 5.91 Å². The van der Waals surface area contributed by atoms with E-state index in [4.69, 9.17) is 5.73 Å². The Morgan fingerprint density at radius 1 is 1.60 bits per heavy atom. The third kappa shape index (κ3) is 4.90. The first-order valence-electron chi connectivity index (χ1n) is 2.92. The molecule has 0 unspecified atom stereocenters. The highest BCUT2D eigenvalue weighted by Gasteiger charge is 1.90. The van der Waals surface area contributed by atoms with Crippen LogP contribution in [0.25, 0.3) is 0 Å². The van der Waals surface area contributed by atoms with E-state index in [0.29, 0.717) is 11.4 Å². The maximum absolute atomic E-state index is 10.4. The summed E-state index contributed by atoms with van der Waals surface area (Å²) in [5, 5.41) is 2.56. The van der Waals surface area contributed by atoms with Gasteiger partial charge in [-0.2, -0.15) is 0 Å². The molecule has 3 nitrogen and oxygen atoms in total. The van der Waals surface area contributed by atoms with Crippen LogP contribution in [0.5, 0.6) is 0 Å². The normalized spacial score (nSPS) is 10.8. The number of hydrogen-bond acceptors (Lipinski definition) is 2. The molecular weight excluding hydrogens is 128 g/mol. The van der Waals surface area contributed by atoms with Crippen LogP contribution in [0.4, 0.5) is 0 Å². The number of carbonyl (C=O) groups is 1. The van der Waals surface area contributed by atoms with Gasteiger partial charge in [0.05, 0.1) is 0 Å². The summed E-state index contributed by atoms with van der Waals surface area (Å²) in [5.74, 6) is -0.102. The van der Waals surface area contributed by atoms with E-state index in [1.807, 2.05) is 0 Å². The summed E-state index contributed by atoms with van der Waals surface area (Å²) in [7, 11) is 0. The Kier molecular flexibility index (Phi) is 3.25. The van der Waals surface area contributed by atoms with Gasteiger partial charge in [-0.1, -0.05) is 6.58 Å². The van der Waals surface area contributed by atoms with E-state index in [0.717, 1.165) is 0 Å². The quantitative estimate of drug-likeness (QED) is 0.549. The molecule has 0 aromatic rings. The van der Waals surface area contributed by atoms with Crippen LogP contribution in [0.3, 0.4) is 0 Å². The number of nitrogens with one attached hydrogen (secondary N) is 1. The van der Waals surface area contributed by atoms with Gasteiger partial charge in [0.2, 0.25) is 5.91 Å². The first kappa shape index (κ1) is 8.75.